The van der Waals surface area contributed by atoms with Crippen LogP contribution in [-0.2, 0) is 11.2 Å². The number of phenolic OH excluding ortho intramolecular Hbond substituents is 1. The maximum absolute atomic E-state index is 11.4. The van der Waals surface area contributed by atoms with E-state index in [2.05, 4.69) is 19.2 Å². The molecule has 16 heavy (non-hydrogen) atoms. The minimum absolute atomic E-state index is 0.0388. The molecule has 1 aromatic carbocycles. The average Bonchev–Trinajstić information content (AvgIpc) is 2.25. The summed E-state index contributed by atoms with van der Waals surface area (Å²) in [6.07, 6.45) is 1.00. The molecule has 0 radical (unpaired) electrons. The predicted octanol–water partition coefficient (Wildman–Crippen LogP) is 2.10. The summed E-state index contributed by atoms with van der Waals surface area (Å²) in [7, 11) is 0. The molecule has 0 saturated heterocycles. The maximum Gasteiger partial charge on any atom is 0.220 e. The van der Waals surface area contributed by atoms with Gasteiger partial charge in [-0.05, 0) is 24.0 Å². The molecule has 0 fully saturated rings. The molecule has 2 N–H and O–H groups in total. The van der Waals surface area contributed by atoms with Crippen LogP contribution in [0.2, 0.25) is 0 Å². The van der Waals surface area contributed by atoms with Crippen LogP contribution in [0, 0.1) is 5.92 Å². The zero-order chi connectivity index (χ0) is 12.0. The number of aryl methyl sites for hydroxylation is 1. The lowest BCUT2D eigenvalue weighted by Gasteiger charge is -2.08. The number of carbonyl (C=O) groups is 1. The van der Waals surface area contributed by atoms with Crippen molar-refractivity contribution in [3.05, 3.63) is 29.8 Å². The molecule has 0 aliphatic rings. The van der Waals surface area contributed by atoms with Gasteiger partial charge in [0, 0.05) is 13.0 Å². The van der Waals surface area contributed by atoms with Crippen molar-refractivity contribution in [2.75, 3.05) is 6.54 Å². The molecule has 0 aromatic heterocycles. The third-order valence-corrected chi connectivity index (χ3v) is 2.32. The molecule has 0 heterocycles. The Kier molecular flexibility index (Phi) is 4.83. The fourth-order valence-electron chi connectivity index (χ4n) is 1.38. The molecular formula is C13H19NO2. The Hall–Kier alpha value is -1.51. The number of carbonyl (C=O) groups excluding carboxylic acids is 1. The Bertz CT molecular complexity index is 348. The van der Waals surface area contributed by atoms with Crippen LogP contribution >= 0.6 is 0 Å². The van der Waals surface area contributed by atoms with Gasteiger partial charge in [0.25, 0.3) is 0 Å². The molecule has 1 aromatic rings. The fourth-order valence-corrected chi connectivity index (χ4v) is 1.38. The highest BCUT2D eigenvalue weighted by molar-refractivity contribution is 5.76. The van der Waals surface area contributed by atoms with E-state index >= 15 is 0 Å². The summed E-state index contributed by atoms with van der Waals surface area (Å²) >= 11 is 0. The van der Waals surface area contributed by atoms with Crippen molar-refractivity contribution in [2.45, 2.75) is 26.7 Å². The molecule has 0 atom stereocenters. The van der Waals surface area contributed by atoms with Crippen LogP contribution in [0.3, 0.4) is 0 Å². The van der Waals surface area contributed by atoms with E-state index in [0.29, 0.717) is 25.3 Å². The van der Waals surface area contributed by atoms with Crippen LogP contribution in [0.4, 0.5) is 0 Å². The highest BCUT2D eigenvalue weighted by atomic mass is 16.3. The van der Waals surface area contributed by atoms with Gasteiger partial charge in [0.05, 0.1) is 0 Å². The molecule has 3 heteroatoms. The average molecular weight is 221 g/mol. The van der Waals surface area contributed by atoms with E-state index in [1.807, 2.05) is 12.1 Å². The lowest BCUT2D eigenvalue weighted by Crippen LogP contribution is -2.27. The minimum atomic E-state index is 0.0388. The third-order valence-electron chi connectivity index (χ3n) is 2.32. The number of nitrogens with one attached hydrogen (secondary N) is 1. The minimum Gasteiger partial charge on any atom is -0.508 e. The molecule has 1 amide bonds. The Labute approximate surface area is 96.5 Å². The molecule has 0 spiro atoms. The number of phenols is 1. The van der Waals surface area contributed by atoms with Gasteiger partial charge in [-0.3, -0.25) is 4.79 Å². The quantitative estimate of drug-likeness (QED) is 0.800. The molecule has 0 aliphatic carbocycles. The number of amides is 1. The molecule has 0 bridgehead atoms. The zero-order valence-electron chi connectivity index (χ0n) is 9.86. The lowest BCUT2D eigenvalue weighted by molar-refractivity contribution is -0.121. The third kappa shape index (κ3) is 4.34. The van der Waals surface area contributed by atoms with Crippen molar-refractivity contribution in [1.29, 1.82) is 0 Å². The van der Waals surface area contributed by atoms with Gasteiger partial charge >= 0.3 is 0 Å². The highest BCUT2D eigenvalue weighted by Crippen LogP contribution is 2.16. The maximum atomic E-state index is 11.4. The van der Waals surface area contributed by atoms with Gasteiger partial charge in [-0.25, -0.2) is 0 Å². The van der Waals surface area contributed by atoms with E-state index in [9.17, 15) is 9.90 Å². The summed E-state index contributed by atoms with van der Waals surface area (Å²) in [6, 6.07) is 7.12. The summed E-state index contributed by atoms with van der Waals surface area (Å²) in [5.41, 5.74) is 0.821. The number of benzene rings is 1. The smallest absolute Gasteiger partial charge is 0.220 e. The van der Waals surface area contributed by atoms with E-state index in [0.717, 1.165) is 5.56 Å². The summed E-state index contributed by atoms with van der Waals surface area (Å²) in [5, 5.41) is 12.4. The van der Waals surface area contributed by atoms with Crippen molar-refractivity contribution in [3.8, 4) is 5.75 Å². The summed E-state index contributed by atoms with van der Waals surface area (Å²) < 4.78 is 0. The second-order valence-electron chi connectivity index (χ2n) is 4.33. The van der Waals surface area contributed by atoms with Gasteiger partial charge in [-0.2, -0.15) is 0 Å². The summed E-state index contributed by atoms with van der Waals surface area (Å²) in [6.45, 7) is 4.83. The largest absolute Gasteiger partial charge is 0.508 e. The van der Waals surface area contributed by atoms with Gasteiger partial charge < -0.3 is 10.4 Å². The number of aromatic hydroxyl groups is 1. The molecule has 0 aliphatic heterocycles. The molecular weight excluding hydrogens is 202 g/mol. The molecule has 88 valence electrons. The van der Waals surface area contributed by atoms with Crippen molar-refractivity contribution < 1.29 is 9.90 Å². The number of para-hydroxylation sites is 1. The summed E-state index contributed by atoms with van der Waals surface area (Å²) in [4.78, 5) is 11.4. The van der Waals surface area contributed by atoms with Gasteiger partial charge in [0.15, 0.2) is 0 Å². The standard InChI is InChI=1S/C13H19NO2/c1-10(2)9-14-13(16)8-7-11-5-3-4-6-12(11)15/h3-6,10,15H,7-9H2,1-2H3,(H,14,16). The molecule has 0 unspecified atom stereocenters. The monoisotopic (exact) mass is 221 g/mol. The van der Waals surface area contributed by atoms with Crippen molar-refractivity contribution in [2.24, 2.45) is 5.92 Å². The van der Waals surface area contributed by atoms with Gasteiger partial charge in [0.1, 0.15) is 5.75 Å². The first-order valence-electron chi connectivity index (χ1n) is 5.63. The van der Waals surface area contributed by atoms with E-state index in [4.69, 9.17) is 0 Å². The number of hydrogen-bond acceptors (Lipinski definition) is 2. The van der Waals surface area contributed by atoms with Crippen LogP contribution < -0.4 is 5.32 Å². The highest BCUT2D eigenvalue weighted by Gasteiger charge is 2.05. The van der Waals surface area contributed by atoms with Crippen LogP contribution in [0.1, 0.15) is 25.8 Å². The van der Waals surface area contributed by atoms with Crippen molar-refractivity contribution >= 4 is 5.91 Å². The second-order valence-corrected chi connectivity index (χ2v) is 4.33. The van der Waals surface area contributed by atoms with Gasteiger partial charge in [0.2, 0.25) is 5.91 Å². The Morgan fingerprint density at radius 2 is 2.06 bits per heavy atom. The van der Waals surface area contributed by atoms with Crippen LogP contribution in [0.25, 0.3) is 0 Å². The Morgan fingerprint density at radius 3 is 2.69 bits per heavy atom. The number of rotatable bonds is 5. The first-order chi connectivity index (χ1) is 7.59. The van der Waals surface area contributed by atoms with Crippen molar-refractivity contribution in [1.82, 2.24) is 5.32 Å². The first-order valence-corrected chi connectivity index (χ1v) is 5.63. The molecule has 1 rings (SSSR count). The Morgan fingerprint density at radius 1 is 1.38 bits per heavy atom. The zero-order valence-corrected chi connectivity index (χ0v) is 9.86. The summed E-state index contributed by atoms with van der Waals surface area (Å²) in [5.74, 6) is 0.769. The van der Waals surface area contributed by atoms with E-state index in [-0.39, 0.29) is 11.7 Å². The van der Waals surface area contributed by atoms with Crippen LogP contribution in [0.5, 0.6) is 5.75 Å². The van der Waals surface area contributed by atoms with Crippen LogP contribution in [-0.4, -0.2) is 17.6 Å². The first kappa shape index (κ1) is 12.6. The van der Waals surface area contributed by atoms with E-state index in [1.54, 1.807) is 12.1 Å². The second kappa shape index (κ2) is 6.16. The predicted molar refractivity (Wildman–Crippen MR) is 64.3 cm³/mol. The normalized spacial score (nSPS) is 10.4. The van der Waals surface area contributed by atoms with E-state index < -0.39 is 0 Å². The Balaban J connectivity index is 2.35. The van der Waals surface area contributed by atoms with Gasteiger partial charge in [-0.15, -0.1) is 0 Å². The molecule has 0 saturated carbocycles. The lowest BCUT2D eigenvalue weighted by atomic mass is 10.1. The SMILES string of the molecule is CC(C)CNC(=O)CCc1ccccc1O. The van der Waals surface area contributed by atoms with E-state index in [1.165, 1.54) is 0 Å². The topological polar surface area (TPSA) is 49.3 Å². The van der Waals surface area contributed by atoms with Crippen molar-refractivity contribution in [3.63, 3.8) is 0 Å². The number of hydrogen-bond donors (Lipinski definition) is 2. The van der Waals surface area contributed by atoms with Crippen LogP contribution in [0.15, 0.2) is 24.3 Å². The van der Waals surface area contributed by atoms with Gasteiger partial charge in [-0.1, -0.05) is 32.0 Å². The molecule has 3 nitrogen and oxygen atoms in total. The fraction of sp³-hybridized carbons (Fsp3) is 0.462.